The van der Waals surface area contributed by atoms with E-state index in [0.29, 0.717) is 12.1 Å². The average Bonchev–Trinajstić information content (AvgIpc) is 3.00. The Morgan fingerprint density at radius 1 is 1.35 bits per heavy atom. The molecule has 0 amide bonds. The van der Waals surface area contributed by atoms with Crippen LogP contribution in [0.25, 0.3) is 0 Å². The zero-order chi connectivity index (χ0) is 14.2. The minimum atomic E-state index is 0.455. The zero-order valence-electron chi connectivity index (χ0n) is 12.7. The van der Waals surface area contributed by atoms with E-state index in [9.17, 15) is 0 Å². The molecule has 1 saturated heterocycles. The lowest BCUT2D eigenvalue weighted by atomic mass is 10.0. The van der Waals surface area contributed by atoms with E-state index in [0.717, 1.165) is 25.3 Å². The third kappa shape index (κ3) is 4.51. The molecule has 2 atom stereocenters. The first kappa shape index (κ1) is 15.9. The highest BCUT2D eigenvalue weighted by molar-refractivity contribution is 7.99. The van der Waals surface area contributed by atoms with Crippen molar-refractivity contribution in [3.63, 3.8) is 0 Å². The second-order valence-electron chi connectivity index (χ2n) is 5.40. The van der Waals surface area contributed by atoms with Crippen molar-refractivity contribution >= 4 is 11.8 Å². The Morgan fingerprint density at radius 2 is 2.20 bits per heavy atom. The van der Waals surface area contributed by atoms with Crippen LogP contribution >= 0.6 is 11.8 Å². The third-order valence-electron chi connectivity index (χ3n) is 3.79. The van der Waals surface area contributed by atoms with Gasteiger partial charge in [0, 0.05) is 23.3 Å². The smallest absolute Gasteiger partial charge is 0.0669 e. The molecule has 0 bridgehead atoms. The molecular formula is C17H27NOS. The Kier molecular flexibility index (Phi) is 6.91. The molecule has 2 unspecified atom stereocenters. The molecule has 1 aromatic rings. The molecule has 2 nitrogen and oxygen atoms in total. The Labute approximate surface area is 127 Å². The summed E-state index contributed by atoms with van der Waals surface area (Å²) in [5.74, 6) is 1.08. The maximum atomic E-state index is 5.73. The van der Waals surface area contributed by atoms with Gasteiger partial charge < -0.3 is 10.1 Å². The summed E-state index contributed by atoms with van der Waals surface area (Å²) >= 11 is 1.96. The van der Waals surface area contributed by atoms with Crippen LogP contribution in [0.3, 0.4) is 0 Å². The van der Waals surface area contributed by atoms with Crippen LogP contribution in [0, 0.1) is 0 Å². The van der Waals surface area contributed by atoms with Gasteiger partial charge in [0.25, 0.3) is 0 Å². The predicted molar refractivity (Wildman–Crippen MR) is 87.5 cm³/mol. The molecule has 0 aliphatic carbocycles. The molecule has 20 heavy (non-hydrogen) atoms. The number of hydrogen-bond acceptors (Lipinski definition) is 3. The number of rotatable bonds is 8. The van der Waals surface area contributed by atoms with E-state index in [1.165, 1.54) is 29.7 Å². The van der Waals surface area contributed by atoms with Gasteiger partial charge in [-0.2, -0.15) is 0 Å². The van der Waals surface area contributed by atoms with E-state index in [4.69, 9.17) is 4.74 Å². The van der Waals surface area contributed by atoms with Crippen LogP contribution in [0.4, 0.5) is 0 Å². The van der Waals surface area contributed by atoms with E-state index < -0.39 is 0 Å². The summed E-state index contributed by atoms with van der Waals surface area (Å²) in [6, 6.07) is 9.30. The molecule has 112 valence electrons. The van der Waals surface area contributed by atoms with E-state index in [-0.39, 0.29) is 0 Å². The highest BCUT2D eigenvalue weighted by Crippen LogP contribution is 2.31. The average molecular weight is 293 g/mol. The van der Waals surface area contributed by atoms with Crippen molar-refractivity contribution in [3.05, 3.63) is 29.8 Å². The highest BCUT2D eigenvalue weighted by atomic mass is 32.2. The van der Waals surface area contributed by atoms with Crippen LogP contribution in [-0.2, 0) is 4.74 Å². The standard InChI is InChI=1S/C17H27NOS/c1-3-11-18-16(4-2)15-9-5-6-10-17(15)20-13-14-8-7-12-19-14/h5-6,9-10,14,16,18H,3-4,7-8,11-13H2,1-2H3. The first-order valence-electron chi connectivity index (χ1n) is 7.91. The van der Waals surface area contributed by atoms with Gasteiger partial charge >= 0.3 is 0 Å². The van der Waals surface area contributed by atoms with E-state index in [1.54, 1.807) is 0 Å². The van der Waals surface area contributed by atoms with Crippen LogP contribution in [0.15, 0.2) is 29.2 Å². The van der Waals surface area contributed by atoms with Gasteiger partial charge in [-0.25, -0.2) is 0 Å². The van der Waals surface area contributed by atoms with Crippen molar-refractivity contribution in [2.75, 3.05) is 18.9 Å². The summed E-state index contributed by atoms with van der Waals surface area (Å²) in [7, 11) is 0. The lowest BCUT2D eigenvalue weighted by Gasteiger charge is -2.20. The number of benzene rings is 1. The summed E-state index contributed by atoms with van der Waals surface area (Å²) in [6.45, 7) is 6.51. The van der Waals surface area contributed by atoms with Gasteiger partial charge in [-0.05, 0) is 43.9 Å². The summed E-state index contributed by atoms with van der Waals surface area (Å²) in [6.07, 6.45) is 5.22. The molecular weight excluding hydrogens is 266 g/mol. The van der Waals surface area contributed by atoms with Crippen molar-refractivity contribution in [2.24, 2.45) is 0 Å². The minimum absolute atomic E-state index is 0.455. The lowest BCUT2D eigenvalue weighted by Crippen LogP contribution is -2.22. The molecule has 0 spiro atoms. The zero-order valence-corrected chi connectivity index (χ0v) is 13.5. The molecule has 1 N–H and O–H groups in total. The fourth-order valence-electron chi connectivity index (χ4n) is 2.65. The maximum Gasteiger partial charge on any atom is 0.0669 e. The Balaban J connectivity index is 1.99. The van der Waals surface area contributed by atoms with Crippen molar-refractivity contribution in [2.45, 2.75) is 56.6 Å². The summed E-state index contributed by atoms with van der Waals surface area (Å²) in [5.41, 5.74) is 1.45. The van der Waals surface area contributed by atoms with Gasteiger partial charge in [-0.15, -0.1) is 11.8 Å². The lowest BCUT2D eigenvalue weighted by molar-refractivity contribution is 0.129. The van der Waals surface area contributed by atoms with Gasteiger partial charge in [-0.1, -0.05) is 32.0 Å². The van der Waals surface area contributed by atoms with E-state index in [2.05, 4.69) is 43.4 Å². The molecule has 1 aliphatic heterocycles. The fraction of sp³-hybridized carbons (Fsp3) is 0.647. The Hall–Kier alpha value is -0.510. The molecule has 0 aromatic heterocycles. The Morgan fingerprint density at radius 3 is 2.90 bits per heavy atom. The highest BCUT2D eigenvalue weighted by Gasteiger charge is 2.18. The summed E-state index contributed by atoms with van der Waals surface area (Å²) in [4.78, 5) is 1.42. The number of thioether (sulfide) groups is 1. The first-order chi connectivity index (χ1) is 9.85. The molecule has 1 aliphatic rings. The van der Waals surface area contributed by atoms with E-state index in [1.807, 2.05) is 11.8 Å². The molecule has 3 heteroatoms. The van der Waals surface area contributed by atoms with Crippen LogP contribution in [0.1, 0.15) is 51.1 Å². The number of ether oxygens (including phenoxy) is 1. The van der Waals surface area contributed by atoms with Crippen LogP contribution < -0.4 is 5.32 Å². The number of hydrogen-bond donors (Lipinski definition) is 1. The van der Waals surface area contributed by atoms with Crippen molar-refractivity contribution < 1.29 is 4.74 Å². The second-order valence-corrected chi connectivity index (χ2v) is 6.46. The SMILES string of the molecule is CCCNC(CC)c1ccccc1SCC1CCCO1. The third-order valence-corrected chi connectivity index (χ3v) is 5.01. The van der Waals surface area contributed by atoms with Crippen molar-refractivity contribution in [3.8, 4) is 0 Å². The molecule has 0 saturated carbocycles. The molecule has 2 rings (SSSR count). The molecule has 0 radical (unpaired) electrons. The van der Waals surface area contributed by atoms with Crippen LogP contribution in [0.5, 0.6) is 0 Å². The van der Waals surface area contributed by atoms with Crippen molar-refractivity contribution in [1.82, 2.24) is 5.32 Å². The quantitative estimate of drug-likeness (QED) is 0.717. The van der Waals surface area contributed by atoms with Gasteiger partial charge in [0.1, 0.15) is 0 Å². The largest absolute Gasteiger partial charge is 0.377 e. The van der Waals surface area contributed by atoms with Crippen molar-refractivity contribution in [1.29, 1.82) is 0 Å². The summed E-state index contributed by atoms with van der Waals surface area (Å²) in [5, 5.41) is 3.66. The van der Waals surface area contributed by atoms with Crippen LogP contribution in [-0.4, -0.2) is 25.0 Å². The topological polar surface area (TPSA) is 21.3 Å². The minimum Gasteiger partial charge on any atom is -0.377 e. The normalized spacial score (nSPS) is 20.2. The van der Waals surface area contributed by atoms with E-state index >= 15 is 0 Å². The number of nitrogens with one attached hydrogen (secondary N) is 1. The molecule has 1 aromatic carbocycles. The van der Waals surface area contributed by atoms with Gasteiger partial charge in [0.2, 0.25) is 0 Å². The van der Waals surface area contributed by atoms with Gasteiger partial charge in [-0.3, -0.25) is 0 Å². The molecule has 1 fully saturated rings. The summed E-state index contributed by atoms with van der Waals surface area (Å²) < 4.78 is 5.73. The maximum absolute atomic E-state index is 5.73. The van der Waals surface area contributed by atoms with Crippen LogP contribution in [0.2, 0.25) is 0 Å². The monoisotopic (exact) mass is 293 g/mol. The van der Waals surface area contributed by atoms with Gasteiger partial charge in [0.15, 0.2) is 0 Å². The Bertz CT molecular complexity index is 390. The second kappa shape index (κ2) is 8.71. The fourth-order valence-corrected chi connectivity index (χ4v) is 3.83. The predicted octanol–water partition coefficient (Wildman–Crippen LogP) is 4.41. The molecule has 1 heterocycles. The van der Waals surface area contributed by atoms with Gasteiger partial charge in [0.05, 0.1) is 6.10 Å². The first-order valence-corrected chi connectivity index (χ1v) is 8.90.